The van der Waals surface area contributed by atoms with Crippen molar-refractivity contribution in [3.05, 3.63) is 152 Å². The molecule has 2 atom stereocenters. The highest BCUT2D eigenvalue weighted by atomic mass is 31.1. The van der Waals surface area contributed by atoms with Crippen molar-refractivity contribution in [2.75, 3.05) is 24.6 Å². The number of hydrogen-bond donors (Lipinski definition) is 0. The second kappa shape index (κ2) is 15.6. The Labute approximate surface area is 251 Å². The van der Waals surface area contributed by atoms with Gasteiger partial charge in [0.2, 0.25) is 0 Å². The van der Waals surface area contributed by atoms with Crippen LogP contribution in [0.5, 0.6) is 0 Å². The molecular formula is C38H41P3. The summed E-state index contributed by atoms with van der Waals surface area (Å²) in [5, 5.41) is 7.54. The molecule has 0 unspecified atom stereocenters. The minimum Gasteiger partial charge on any atom is -0.0748 e. The van der Waals surface area contributed by atoms with Crippen molar-refractivity contribution in [2.24, 2.45) is 11.8 Å². The van der Waals surface area contributed by atoms with Gasteiger partial charge in [-0.1, -0.05) is 173 Å². The average Bonchev–Trinajstić information content (AvgIpc) is 3.04. The third-order valence-corrected chi connectivity index (χ3v) is 16.3. The SMILES string of the molecule is C[C@H](CP(C[C@@H](C)CP(c1ccccc1)c1ccccc1)c1ccccc1)CP(c1ccccc1)c1ccccc1. The molecule has 0 spiro atoms. The topological polar surface area (TPSA) is 0 Å². The zero-order valence-corrected chi connectivity index (χ0v) is 26.9. The van der Waals surface area contributed by atoms with E-state index in [2.05, 4.69) is 166 Å². The molecule has 0 fully saturated rings. The smallest absolute Gasteiger partial charge is 0.0195 e. The molecule has 5 aromatic carbocycles. The molecule has 0 bridgehead atoms. The van der Waals surface area contributed by atoms with Gasteiger partial charge >= 0.3 is 0 Å². The molecule has 0 aromatic heterocycles. The molecule has 0 radical (unpaired) electrons. The van der Waals surface area contributed by atoms with Crippen molar-refractivity contribution in [1.29, 1.82) is 0 Å². The largest absolute Gasteiger partial charge is 0.0748 e. The standard InChI is InChI=1S/C38H41P3/c1-32(30-40(35-20-10-4-11-21-35)36-22-12-5-13-23-36)28-39(34-18-8-3-9-19-34)29-33(2)31-41(37-24-14-6-15-25-37)38-26-16-7-17-27-38/h3-27,32-33H,28-31H2,1-2H3/t32-,33-/m1/s1. The summed E-state index contributed by atoms with van der Waals surface area (Å²) in [6, 6.07) is 56.3. The lowest BCUT2D eigenvalue weighted by Gasteiger charge is -2.29. The Morgan fingerprint density at radius 3 is 0.854 bits per heavy atom. The van der Waals surface area contributed by atoms with Crippen molar-refractivity contribution in [3.8, 4) is 0 Å². The summed E-state index contributed by atoms with van der Waals surface area (Å²) < 4.78 is 0. The van der Waals surface area contributed by atoms with Gasteiger partial charge in [-0.3, -0.25) is 0 Å². The van der Waals surface area contributed by atoms with Gasteiger partial charge in [0, 0.05) is 0 Å². The average molecular weight is 591 g/mol. The van der Waals surface area contributed by atoms with Gasteiger partial charge in [0.05, 0.1) is 0 Å². The van der Waals surface area contributed by atoms with Gasteiger partial charge in [-0.15, -0.1) is 0 Å². The summed E-state index contributed by atoms with van der Waals surface area (Å²) in [6.45, 7) is 5.01. The van der Waals surface area contributed by atoms with E-state index in [1.165, 1.54) is 45.9 Å². The van der Waals surface area contributed by atoms with Crippen molar-refractivity contribution in [3.63, 3.8) is 0 Å². The molecule has 0 nitrogen and oxygen atoms in total. The van der Waals surface area contributed by atoms with Gasteiger partial charge < -0.3 is 0 Å². The predicted molar refractivity (Wildman–Crippen MR) is 189 cm³/mol. The van der Waals surface area contributed by atoms with Crippen molar-refractivity contribution >= 4 is 50.3 Å². The van der Waals surface area contributed by atoms with Crippen LogP contribution in [-0.4, -0.2) is 24.6 Å². The number of hydrogen-bond acceptors (Lipinski definition) is 0. The summed E-state index contributed by atoms with van der Waals surface area (Å²) >= 11 is 0. The Hall–Kier alpha value is -2.61. The minimum absolute atomic E-state index is 0.251. The molecule has 5 rings (SSSR count). The maximum absolute atomic E-state index is 2.50. The third-order valence-electron chi connectivity index (χ3n) is 7.45. The molecule has 208 valence electrons. The van der Waals surface area contributed by atoms with Crippen LogP contribution in [-0.2, 0) is 0 Å². The second-order valence-electron chi connectivity index (χ2n) is 11.0. The molecule has 0 heterocycles. The van der Waals surface area contributed by atoms with Crippen molar-refractivity contribution in [1.82, 2.24) is 0 Å². The third kappa shape index (κ3) is 8.69. The number of rotatable bonds is 13. The van der Waals surface area contributed by atoms with Crippen LogP contribution in [0, 0.1) is 11.8 Å². The fourth-order valence-electron chi connectivity index (χ4n) is 5.57. The quantitative estimate of drug-likeness (QED) is 0.121. The van der Waals surface area contributed by atoms with Crippen molar-refractivity contribution < 1.29 is 0 Å². The first-order valence-electron chi connectivity index (χ1n) is 14.7. The van der Waals surface area contributed by atoms with Gasteiger partial charge in [0.1, 0.15) is 0 Å². The second-order valence-corrected chi connectivity index (χ2v) is 17.8. The van der Waals surface area contributed by atoms with Crippen LogP contribution in [0.3, 0.4) is 0 Å². The van der Waals surface area contributed by atoms with Gasteiger partial charge in [-0.05, 0) is 78.8 Å². The molecule has 0 saturated heterocycles. The predicted octanol–water partition coefficient (Wildman–Crippen LogP) is 8.33. The van der Waals surface area contributed by atoms with E-state index in [-0.39, 0.29) is 23.8 Å². The lowest BCUT2D eigenvalue weighted by Crippen LogP contribution is -2.23. The first kappa shape index (κ1) is 29.9. The molecular weight excluding hydrogens is 549 g/mol. The maximum Gasteiger partial charge on any atom is -0.0195 e. The molecule has 0 saturated carbocycles. The van der Waals surface area contributed by atoms with E-state index >= 15 is 0 Å². The van der Waals surface area contributed by atoms with E-state index in [4.69, 9.17) is 0 Å². The van der Waals surface area contributed by atoms with Crippen LogP contribution < -0.4 is 26.5 Å². The molecule has 41 heavy (non-hydrogen) atoms. The van der Waals surface area contributed by atoms with E-state index < -0.39 is 0 Å². The molecule has 0 N–H and O–H groups in total. The molecule has 0 aliphatic heterocycles. The van der Waals surface area contributed by atoms with E-state index in [1.807, 2.05) is 0 Å². The lowest BCUT2D eigenvalue weighted by molar-refractivity contribution is 0.731. The summed E-state index contributed by atoms with van der Waals surface area (Å²) in [5.41, 5.74) is 0. The Bertz CT molecular complexity index is 1240. The summed E-state index contributed by atoms with van der Waals surface area (Å²) in [5.74, 6) is 1.31. The Morgan fingerprint density at radius 2 is 0.585 bits per heavy atom. The van der Waals surface area contributed by atoms with Crippen LogP contribution in [0.2, 0.25) is 0 Å². The molecule has 3 heteroatoms. The Morgan fingerprint density at radius 1 is 0.341 bits per heavy atom. The Balaban J connectivity index is 1.34. The normalized spacial score (nSPS) is 13.7. The summed E-state index contributed by atoms with van der Waals surface area (Å²) in [7, 11) is -0.993. The molecule has 0 amide bonds. The van der Waals surface area contributed by atoms with E-state index in [9.17, 15) is 0 Å². The maximum atomic E-state index is 2.50. The number of benzene rings is 5. The highest BCUT2D eigenvalue weighted by Crippen LogP contribution is 2.45. The monoisotopic (exact) mass is 590 g/mol. The van der Waals surface area contributed by atoms with Crippen LogP contribution >= 0.6 is 23.8 Å². The van der Waals surface area contributed by atoms with E-state index in [0.29, 0.717) is 11.8 Å². The zero-order valence-electron chi connectivity index (χ0n) is 24.3. The summed E-state index contributed by atoms with van der Waals surface area (Å²) in [6.07, 6.45) is 5.06. The van der Waals surface area contributed by atoms with Gasteiger partial charge in [0.25, 0.3) is 0 Å². The fraction of sp³-hybridized carbons (Fsp3) is 0.211. The Kier molecular flexibility index (Phi) is 11.3. The van der Waals surface area contributed by atoms with Crippen molar-refractivity contribution in [2.45, 2.75) is 13.8 Å². The first-order chi connectivity index (χ1) is 20.2. The molecule has 0 aliphatic rings. The van der Waals surface area contributed by atoms with Crippen LogP contribution in [0.1, 0.15) is 13.8 Å². The lowest BCUT2D eigenvalue weighted by atomic mass is 10.3. The first-order valence-corrected chi connectivity index (χ1v) is 19.5. The van der Waals surface area contributed by atoms with Crippen LogP contribution in [0.15, 0.2) is 152 Å². The zero-order chi connectivity index (χ0) is 28.3. The van der Waals surface area contributed by atoms with Gasteiger partial charge in [-0.25, -0.2) is 0 Å². The summed E-state index contributed by atoms with van der Waals surface area (Å²) in [4.78, 5) is 0. The molecule has 0 aliphatic carbocycles. The van der Waals surface area contributed by atoms with Crippen LogP contribution in [0.25, 0.3) is 0 Å². The molecule has 5 aromatic rings. The highest BCUT2D eigenvalue weighted by molar-refractivity contribution is 7.73. The van der Waals surface area contributed by atoms with Crippen LogP contribution in [0.4, 0.5) is 0 Å². The fourth-order valence-corrected chi connectivity index (χ4v) is 14.0. The van der Waals surface area contributed by atoms with E-state index in [1.54, 1.807) is 5.30 Å². The minimum atomic E-state index is -0.371. The van der Waals surface area contributed by atoms with Gasteiger partial charge in [-0.2, -0.15) is 0 Å². The highest BCUT2D eigenvalue weighted by Gasteiger charge is 2.24. The van der Waals surface area contributed by atoms with E-state index in [0.717, 1.165) is 0 Å². The van der Waals surface area contributed by atoms with Gasteiger partial charge in [0.15, 0.2) is 0 Å².